The third-order valence-electron chi connectivity index (χ3n) is 1.40. The molecule has 0 heterocycles. The molecule has 0 N–H and O–H groups in total. The van der Waals surface area contributed by atoms with E-state index in [1.54, 1.807) is 20.8 Å². The summed E-state index contributed by atoms with van der Waals surface area (Å²) in [5, 5.41) is 0. The standard InChI is InChI=1S/C10H17NO2/c1-6-7-8(11-5)9(12)13-10(2,3)4/h8H,6-7H2,1-4H3. The second-order valence-corrected chi connectivity index (χ2v) is 3.97. The fourth-order valence-corrected chi connectivity index (χ4v) is 0.878. The van der Waals surface area contributed by atoms with Crippen molar-refractivity contribution in [2.75, 3.05) is 0 Å². The number of esters is 1. The summed E-state index contributed by atoms with van der Waals surface area (Å²) < 4.78 is 5.09. The van der Waals surface area contributed by atoms with E-state index in [1.807, 2.05) is 6.92 Å². The van der Waals surface area contributed by atoms with E-state index in [-0.39, 0.29) is 0 Å². The van der Waals surface area contributed by atoms with Gasteiger partial charge in [-0.25, -0.2) is 11.4 Å². The molecule has 0 aliphatic carbocycles. The molecular formula is C10H17NO2. The summed E-state index contributed by atoms with van der Waals surface area (Å²) in [6.07, 6.45) is 1.41. The van der Waals surface area contributed by atoms with Crippen molar-refractivity contribution in [3.05, 3.63) is 11.4 Å². The number of carbonyl (C=O) groups excluding carboxylic acids is 1. The van der Waals surface area contributed by atoms with Gasteiger partial charge in [-0.15, -0.1) is 0 Å². The first kappa shape index (κ1) is 12.0. The van der Waals surface area contributed by atoms with Gasteiger partial charge >= 0.3 is 12.0 Å². The van der Waals surface area contributed by atoms with Crippen molar-refractivity contribution in [3.8, 4) is 0 Å². The van der Waals surface area contributed by atoms with E-state index < -0.39 is 17.6 Å². The summed E-state index contributed by atoms with van der Waals surface area (Å²) in [4.78, 5) is 14.6. The van der Waals surface area contributed by atoms with Crippen LogP contribution in [0, 0.1) is 6.57 Å². The summed E-state index contributed by atoms with van der Waals surface area (Å²) in [5.74, 6) is -0.399. The Morgan fingerprint density at radius 2 is 2.08 bits per heavy atom. The van der Waals surface area contributed by atoms with Crippen LogP contribution in [0.5, 0.6) is 0 Å². The van der Waals surface area contributed by atoms with Gasteiger partial charge in [0, 0.05) is 6.42 Å². The molecule has 1 unspecified atom stereocenters. The van der Waals surface area contributed by atoms with Gasteiger partial charge in [-0.3, -0.25) is 0 Å². The maximum Gasteiger partial charge on any atom is 0.390 e. The van der Waals surface area contributed by atoms with Crippen LogP contribution in [0.1, 0.15) is 40.5 Å². The van der Waals surface area contributed by atoms with Gasteiger partial charge in [0.25, 0.3) is 0 Å². The maximum atomic E-state index is 11.3. The second-order valence-electron chi connectivity index (χ2n) is 3.97. The molecule has 0 aromatic rings. The van der Waals surface area contributed by atoms with Crippen molar-refractivity contribution in [1.29, 1.82) is 0 Å². The second kappa shape index (κ2) is 4.86. The van der Waals surface area contributed by atoms with Gasteiger partial charge in [0.15, 0.2) is 0 Å². The molecule has 0 amide bonds. The lowest BCUT2D eigenvalue weighted by atomic mass is 10.1. The number of carbonyl (C=O) groups is 1. The molecule has 74 valence electrons. The molecule has 0 aromatic heterocycles. The monoisotopic (exact) mass is 183 g/mol. The van der Waals surface area contributed by atoms with Crippen LogP contribution in [-0.2, 0) is 9.53 Å². The molecule has 0 aliphatic rings. The summed E-state index contributed by atoms with van der Waals surface area (Å²) in [7, 11) is 0. The largest absolute Gasteiger partial charge is 0.454 e. The molecule has 0 bridgehead atoms. The highest BCUT2D eigenvalue weighted by molar-refractivity contribution is 5.77. The number of hydrogen-bond acceptors (Lipinski definition) is 2. The van der Waals surface area contributed by atoms with E-state index in [0.29, 0.717) is 6.42 Å². The Balaban J connectivity index is 4.17. The zero-order chi connectivity index (χ0) is 10.5. The lowest BCUT2D eigenvalue weighted by Gasteiger charge is -2.19. The van der Waals surface area contributed by atoms with Crippen LogP contribution in [0.2, 0.25) is 0 Å². The molecule has 13 heavy (non-hydrogen) atoms. The first-order valence-electron chi connectivity index (χ1n) is 4.50. The Bertz CT molecular complexity index is 210. The molecule has 0 radical (unpaired) electrons. The molecule has 0 aliphatic heterocycles. The maximum absolute atomic E-state index is 11.3. The van der Waals surface area contributed by atoms with Crippen LogP contribution in [0.3, 0.4) is 0 Å². The van der Waals surface area contributed by atoms with Crippen molar-refractivity contribution in [2.45, 2.75) is 52.2 Å². The quantitative estimate of drug-likeness (QED) is 0.497. The fourth-order valence-electron chi connectivity index (χ4n) is 0.878. The van der Waals surface area contributed by atoms with Gasteiger partial charge < -0.3 is 9.58 Å². The van der Waals surface area contributed by atoms with E-state index in [4.69, 9.17) is 11.3 Å². The van der Waals surface area contributed by atoms with Crippen LogP contribution >= 0.6 is 0 Å². The molecular weight excluding hydrogens is 166 g/mol. The van der Waals surface area contributed by atoms with Crippen molar-refractivity contribution >= 4 is 5.97 Å². The average molecular weight is 183 g/mol. The van der Waals surface area contributed by atoms with Crippen molar-refractivity contribution < 1.29 is 9.53 Å². The van der Waals surface area contributed by atoms with E-state index in [1.165, 1.54) is 0 Å². The van der Waals surface area contributed by atoms with Gasteiger partial charge in [-0.05, 0) is 27.2 Å². The minimum Gasteiger partial charge on any atom is -0.454 e. The third kappa shape index (κ3) is 5.24. The molecule has 0 rings (SSSR count). The number of ether oxygens (including phenoxy) is 1. The molecule has 0 fully saturated rings. The number of hydrogen-bond donors (Lipinski definition) is 0. The van der Waals surface area contributed by atoms with E-state index >= 15 is 0 Å². The summed E-state index contributed by atoms with van der Waals surface area (Å²) >= 11 is 0. The minimum atomic E-state index is -0.621. The highest BCUT2D eigenvalue weighted by Gasteiger charge is 2.28. The first-order valence-corrected chi connectivity index (χ1v) is 4.50. The summed E-state index contributed by atoms with van der Waals surface area (Å²) in [6, 6.07) is -0.621. The predicted molar refractivity (Wildman–Crippen MR) is 51.1 cm³/mol. The van der Waals surface area contributed by atoms with Crippen LogP contribution in [0.25, 0.3) is 4.85 Å². The van der Waals surface area contributed by atoms with E-state index in [9.17, 15) is 4.79 Å². The SMILES string of the molecule is [C-]#[N+]C(CCC)C(=O)OC(C)(C)C. The van der Waals surface area contributed by atoms with Crippen molar-refractivity contribution in [2.24, 2.45) is 0 Å². The van der Waals surface area contributed by atoms with Gasteiger partial charge in [0.1, 0.15) is 5.60 Å². The van der Waals surface area contributed by atoms with Gasteiger partial charge in [0.05, 0.1) is 0 Å². The number of nitrogens with zero attached hydrogens (tertiary/aromatic N) is 1. The minimum absolute atomic E-state index is 0.399. The highest BCUT2D eigenvalue weighted by atomic mass is 16.6. The Morgan fingerprint density at radius 3 is 2.38 bits per heavy atom. The molecule has 0 saturated carbocycles. The normalized spacial score (nSPS) is 13.2. The lowest BCUT2D eigenvalue weighted by molar-refractivity contribution is -0.155. The van der Waals surface area contributed by atoms with E-state index in [2.05, 4.69) is 4.85 Å². The molecule has 0 saturated heterocycles. The van der Waals surface area contributed by atoms with Crippen LogP contribution in [0.4, 0.5) is 0 Å². The summed E-state index contributed by atoms with van der Waals surface area (Å²) in [6.45, 7) is 14.2. The molecule has 1 atom stereocenters. The zero-order valence-electron chi connectivity index (χ0n) is 8.76. The molecule has 3 nitrogen and oxygen atoms in total. The third-order valence-corrected chi connectivity index (χ3v) is 1.40. The summed E-state index contributed by atoms with van der Waals surface area (Å²) in [5.41, 5.74) is -0.492. The van der Waals surface area contributed by atoms with Crippen molar-refractivity contribution in [1.82, 2.24) is 0 Å². The lowest BCUT2D eigenvalue weighted by Crippen LogP contribution is -2.30. The fraction of sp³-hybridized carbons (Fsp3) is 0.800. The smallest absolute Gasteiger partial charge is 0.390 e. The highest BCUT2D eigenvalue weighted by Crippen LogP contribution is 2.12. The van der Waals surface area contributed by atoms with Gasteiger partial charge in [-0.2, -0.15) is 0 Å². The van der Waals surface area contributed by atoms with Crippen LogP contribution < -0.4 is 0 Å². The van der Waals surface area contributed by atoms with Gasteiger partial charge in [-0.1, -0.05) is 6.92 Å². The van der Waals surface area contributed by atoms with E-state index in [0.717, 1.165) is 6.42 Å². The topological polar surface area (TPSA) is 30.7 Å². The Morgan fingerprint density at radius 1 is 1.54 bits per heavy atom. The average Bonchev–Trinajstić information content (AvgIpc) is 1.96. The predicted octanol–water partition coefficient (Wildman–Crippen LogP) is 2.42. The van der Waals surface area contributed by atoms with Crippen LogP contribution in [0.15, 0.2) is 0 Å². The molecule has 0 aromatic carbocycles. The Kier molecular flexibility index (Phi) is 4.47. The molecule has 0 spiro atoms. The van der Waals surface area contributed by atoms with Crippen molar-refractivity contribution in [3.63, 3.8) is 0 Å². The number of rotatable bonds is 3. The first-order chi connectivity index (χ1) is 5.90. The molecule has 3 heteroatoms. The van der Waals surface area contributed by atoms with Gasteiger partial charge in [0.2, 0.25) is 0 Å². The Labute approximate surface area is 79.9 Å². The van der Waals surface area contributed by atoms with Crippen LogP contribution in [-0.4, -0.2) is 17.6 Å². The Hall–Kier alpha value is -1.04. The zero-order valence-corrected chi connectivity index (χ0v) is 8.76.